The van der Waals surface area contributed by atoms with Gasteiger partial charge >= 0.3 is 5.97 Å². The molecule has 0 N–H and O–H groups in total. The second-order valence-corrected chi connectivity index (χ2v) is 9.09. The van der Waals surface area contributed by atoms with Gasteiger partial charge in [-0.2, -0.15) is 0 Å². The van der Waals surface area contributed by atoms with Crippen molar-refractivity contribution in [2.75, 3.05) is 7.11 Å². The molecule has 0 amide bonds. The number of esters is 1. The van der Waals surface area contributed by atoms with Crippen molar-refractivity contribution in [3.8, 4) is 0 Å². The van der Waals surface area contributed by atoms with E-state index in [1.165, 1.54) is 79.6 Å². The summed E-state index contributed by atoms with van der Waals surface area (Å²) in [6, 6.07) is 8.85. The monoisotopic (exact) mass is 402 g/mol. The SMILES string of the molecule is COC(=O)c1cc(C2CC2)cnc1Cc1cc(C2CCCCC2)c2c(ccn2C)c1. The fourth-order valence-corrected chi connectivity index (χ4v) is 5.14. The van der Waals surface area contributed by atoms with Gasteiger partial charge in [-0.1, -0.05) is 25.3 Å². The highest BCUT2D eigenvalue weighted by molar-refractivity contribution is 5.91. The van der Waals surface area contributed by atoms with Gasteiger partial charge in [0.2, 0.25) is 0 Å². The van der Waals surface area contributed by atoms with Gasteiger partial charge in [0.05, 0.1) is 23.9 Å². The Kier molecular flexibility index (Phi) is 5.10. The maximum atomic E-state index is 12.5. The minimum Gasteiger partial charge on any atom is -0.465 e. The fourth-order valence-electron chi connectivity index (χ4n) is 5.14. The second kappa shape index (κ2) is 7.90. The minimum atomic E-state index is -0.284. The molecule has 3 aromatic rings. The molecule has 4 nitrogen and oxygen atoms in total. The van der Waals surface area contributed by atoms with E-state index in [9.17, 15) is 4.79 Å². The number of aromatic nitrogens is 2. The van der Waals surface area contributed by atoms with Gasteiger partial charge in [0.1, 0.15) is 0 Å². The van der Waals surface area contributed by atoms with Gasteiger partial charge in [0, 0.05) is 31.2 Å². The van der Waals surface area contributed by atoms with Crippen molar-refractivity contribution in [3.63, 3.8) is 0 Å². The van der Waals surface area contributed by atoms with Gasteiger partial charge in [0.15, 0.2) is 0 Å². The molecule has 2 aliphatic carbocycles. The van der Waals surface area contributed by atoms with Crippen molar-refractivity contribution in [3.05, 3.63) is 64.6 Å². The predicted molar refractivity (Wildman–Crippen MR) is 119 cm³/mol. The Morgan fingerprint density at radius 3 is 2.63 bits per heavy atom. The smallest absolute Gasteiger partial charge is 0.339 e. The molecule has 2 saturated carbocycles. The standard InChI is InChI=1S/C26H30N2O2/c1-28-11-10-20-12-17(13-22(25(20)28)19-6-4-3-5-7-19)14-24-23(26(29)30-2)15-21(16-27-24)18-8-9-18/h10-13,15-16,18-19H,3-9,14H2,1-2H3. The molecule has 0 bridgehead atoms. The van der Waals surface area contributed by atoms with Crippen molar-refractivity contribution in [1.82, 2.24) is 9.55 Å². The van der Waals surface area contributed by atoms with E-state index >= 15 is 0 Å². The van der Waals surface area contributed by atoms with Gasteiger partial charge in [-0.25, -0.2) is 4.79 Å². The molecule has 0 aliphatic heterocycles. The molecule has 0 spiro atoms. The van der Waals surface area contributed by atoms with E-state index in [4.69, 9.17) is 9.72 Å². The molecule has 156 valence electrons. The van der Waals surface area contributed by atoms with E-state index < -0.39 is 0 Å². The number of aryl methyl sites for hydroxylation is 1. The fraction of sp³-hybridized carbons (Fsp3) is 0.462. The number of rotatable bonds is 5. The third-order valence-electron chi connectivity index (χ3n) is 6.92. The van der Waals surface area contributed by atoms with Gasteiger partial charge in [-0.3, -0.25) is 4.98 Å². The van der Waals surface area contributed by atoms with Crippen LogP contribution < -0.4 is 0 Å². The molecule has 0 atom stereocenters. The van der Waals surface area contributed by atoms with Crippen molar-refractivity contribution in [2.45, 2.75) is 63.2 Å². The first-order valence-corrected chi connectivity index (χ1v) is 11.3. The van der Waals surface area contributed by atoms with Crippen LogP contribution in [0.5, 0.6) is 0 Å². The molecule has 0 radical (unpaired) electrons. The van der Waals surface area contributed by atoms with Gasteiger partial charge in [-0.15, -0.1) is 0 Å². The van der Waals surface area contributed by atoms with Crippen molar-refractivity contribution in [1.29, 1.82) is 0 Å². The number of ether oxygens (including phenoxy) is 1. The first-order valence-electron chi connectivity index (χ1n) is 11.3. The molecular weight excluding hydrogens is 372 g/mol. The Bertz CT molecular complexity index is 1090. The van der Waals surface area contributed by atoms with Crippen LogP contribution in [0.25, 0.3) is 10.9 Å². The van der Waals surface area contributed by atoms with Crippen LogP contribution in [0.15, 0.2) is 36.7 Å². The maximum absolute atomic E-state index is 12.5. The van der Waals surface area contributed by atoms with E-state index in [2.05, 4.69) is 36.0 Å². The summed E-state index contributed by atoms with van der Waals surface area (Å²) < 4.78 is 7.34. The third-order valence-corrected chi connectivity index (χ3v) is 6.92. The summed E-state index contributed by atoms with van der Waals surface area (Å²) >= 11 is 0. The quantitative estimate of drug-likeness (QED) is 0.501. The zero-order valence-corrected chi connectivity index (χ0v) is 18.0. The summed E-state index contributed by atoms with van der Waals surface area (Å²) in [5.74, 6) is 0.905. The molecule has 2 aliphatic rings. The van der Waals surface area contributed by atoms with Gasteiger partial charge in [0.25, 0.3) is 0 Å². The van der Waals surface area contributed by atoms with E-state index in [1.807, 2.05) is 12.3 Å². The average molecular weight is 403 g/mol. The van der Waals surface area contributed by atoms with Crippen LogP contribution in [0, 0.1) is 0 Å². The van der Waals surface area contributed by atoms with E-state index in [0.717, 1.165) is 5.69 Å². The number of hydrogen-bond donors (Lipinski definition) is 0. The molecule has 2 heterocycles. The summed E-state index contributed by atoms with van der Waals surface area (Å²) in [4.78, 5) is 17.2. The zero-order chi connectivity index (χ0) is 20.7. The Labute approximate surface area is 178 Å². The molecule has 4 heteroatoms. The Morgan fingerprint density at radius 2 is 1.90 bits per heavy atom. The highest BCUT2D eigenvalue weighted by Crippen LogP contribution is 2.41. The lowest BCUT2D eigenvalue weighted by molar-refractivity contribution is 0.0599. The lowest BCUT2D eigenvalue weighted by Crippen LogP contribution is -2.10. The molecule has 30 heavy (non-hydrogen) atoms. The number of methoxy groups -OCH3 is 1. The third kappa shape index (κ3) is 3.64. The highest BCUT2D eigenvalue weighted by Gasteiger charge is 2.26. The second-order valence-electron chi connectivity index (χ2n) is 9.09. The van der Waals surface area contributed by atoms with Crippen molar-refractivity contribution < 1.29 is 9.53 Å². The summed E-state index contributed by atoms with van der Waals surface area (Å²) in [6.07, 6.45) is 13.7. The number of carbonyl (C=O) groups excluding carboxylic acids is 1. The molecule has 0 unspecified atom stereocenters. The molecule has 1 aromatic carbocycles. The van der Waals surface area contributed by atoms with Crippen LogP contribution in [0.1, 0.15) is 89.5 Å². The number of fused-ring (bicyclic) bond motifs is 1. The topological polar surface area (TPSA) is 44.1 Å². The van der Waals surface area contributed by atoms with Crippen LogP contribution in [0.4, 0.5) is 0 Å². The lowest BCUT2D eigenvalue weighted by atomic mass is 9.82. The molecular formula is C26H30N2O2. The van der Waals surface area contributed by atoms with Gasteiger partial charge < -0.3 is 9.30 Å². The first kappa shape index (κ1) is 19.3. The molecule has 0 saturated heterocycles. The van der Waals surface area contributed by atoms with Crippen molar-refractivity contribution in [2.24, 2.45) is 7.05 Å². The number of nitrogens with zero attached hydrogens (tertiary/aromatic N) is 2. The van der Waals surface area contributed by atoms with Crippen LogP contribution in [-0.2, 0) is 18.2 Å². The van der Waals surface area contributed by atoms with E-state index in [-0.39, 0.29) is 5.97 Å². The summed E-state index contributed by atoms with van der Waals surface area (Å²) in [7, 11) is 3.59. The number of hydrogen-bond acceptors (Lipinski definition) is 3. The largest absolute Gasteiger partial charge is 0.465 e. The van der Waals surface area contributed by atoms with Crippen LogP contribution in [-0.4, -0.2) is 22.6 Å². The van der Waals surface area contributed by atoms with E-state index in [0.29, 0.717) is 23.8 Å². The van der Waals surface area contributed by atoms with Crippen LogP contribution in [0.2, 0.25) is 0 Å². The zero-order valence-electron chi connectivity index (χ0n) is 18.0. The summed E-state index contributed by atoms with van der Waals surface area (Å²) in [6.45, 7) is 0. The number of benzene rings is 1. The predicted octanol–water partition coefficient (Wildman–Crippen LogP) is 5.88. The molecule has 2 aromatic heterocycles. The first-order chi connectivity index (χ1) is 14.6. The number of pyridine rings is 1. The summed E-state index contributed by atoms with van der Waals surface area (Å²) in [5, 5.41) is 1.28. The summed E-state index contributed by atoms with van der Waals surface area (Å²) in [5.41, 5.74) is 6.65. The maximum Gasteiger partial charge on any atom is 0.339 e. The molecule has 5 rings (SSSR count). The highest BCUT2D eigenvalue weighted by atomic mass is 16.5. The number of carbonyl (C=O) groups is 1. The van der Waals surface area contributed by atoms with Crippen molar-refractivity contribution >= 4 is 16.9 Å². The minimum absolute atomic E-state index is 0.284. The normalized spacial score (nSPS) is 17.4. The van der Waals surface area contributed by atoms with Crippen LogP contribution >= 0.6 is 0 Å². The average Bonchev–Trinajstić information content (AvgIpc) is 3.57. The van der Waals surface area contributed by atoms with E-state index in [1.54, 1.807) is 0 Å². The Balaban J connectivity index is 1.55. The van der Waals surface area contributed by atoms with Crippen LogP contribution in [0.3, 0.4) is 0 Å². The van der Waals surface area contributed by atoms with Gasteiger partial charge in [-0.05, 0) is 72.4 Å². The Morgan fingerprint density at radius 1 is 1.10 bits per heavy atom. The molecule has 2 fully saturated rings. The Hall–Kier alpha value is -2.62. The lowest BCUT2D eigenvalue weighted by Gasteiger charge is -2.24.